The highest BCUT2D eigenvalue weighted by atomic mass is 19.1. The van der Waals surface area contributed by atoms with Crippen LogP contribution in [0.15, 0.2) is 12.1 Å². The lowest BCUT2D eigenvalue weighted by atomic mass is 9.95. The molecule has 1 saturated carbocycles. The van der Waals surface area contributed by atoms with E-state index in [4.69, 9.17) is 10.8 Å². The van der Waals surface area contributed by atoms with Crippen LogP contribution >= 0.6 is 0 Å². The third-order valence-electron chi connectivity index (χ3n) is 5.61. The van der Waals surface area contributed by atoms with Gasteiger partial charge in [0.1, 0.15) is 11.9 Å². The van der Waals surface area contributed by atoms with Gasteiger partial charge in [-0.2, -0.15) is 0 Å². The number of aliphatic carboxylic acids is 1. The summed E-state index contributed by atoms with van der Waals surface area (Å²) in [6, 6.07) is 1.79. The van der Waals surface area contributed by atoms with Crippen LogP contribution in [-0.4, -0.2) is 53.0 Å². The van der Waals surface area contributed by atoms with Gasteiger partial charge < -0.3 is 26.4 Å². The lowest BCUT2D eigenvalue weighted by Crippen LogP contribution is -2.45. The van der Waals surface area contributed by atoms with Crippen LogP contribution in [0.3, 0.4) is 0 Å². The van der Waals surface area contributed by atoms with Gasteiger partial charge in [-0.1, -0.05) is 19.3 Å². The van der Waals surface area contributed by atoms with Crippen LogP contribution in [0.1, 0.15) is 55.3 Å². The lowest BCUT2D eigenvalue weighted by Gasteiger charge is -2.24. The highest BCUT2D eigenvalue weighted by molar-refractivity contribution is 6.01. The number of carboxylic acids is 1. The van der Waals surface area contributed by atoms with Gasteiger partial charge in [-0.25, -0.2) is 9.18 Å². The molecule has 2 amide bonds. The van der Waals surface area contributed by atoms with Gasteiger partial charge in [-0.3, -0.25) is 9.59 Å². The predicted molar refractivity (Wildman–Crippen MR) is 106 cm³/mol. The first kappa shape index (κ1) is 20.9. The Balaban J connectivity index is 1.61. The van der Waals surface area contributed by atoms with Gasteiger partial charge in [0.25, 0.3) is 5.91 Å². The fraction of sp³-hybridized carbons (Fsp3) is 0.550. The number of carbonyl (C=O) groups excluding carboxylic acids is 2. The molecule has 1 aliphatic heterocycles. The molecule has 3 rings (SSSR count). The average molecular weight is 406 g/mol. The summed E-state index contributed by atoms with van der Waals surface area (Å²) >= 11 is 0. The first-order valence-corrected chi connectivity index (χ1v) is 10.0. The smallest absolute Gasteiger partial charge is 0.326 e. The molecule has 8 nitrogen and oxygen atoms in total. The molecule has 1 aromatic rings. The summed E-state index contributed by atoms with van der Waals surface area (Å²) < 4.78 is 14.5. The first-order valence-electron chi connectivity index (χ1n) is 10.0. The van der Waals surface area contributed by atoms with Crippen molar-refractivity contribution in [1.82, 2.24) is 10.2 Å². The van der Waals surface area contributed by atoms with Crippen molar-refractivity contribution < 1.29 is 23.9 Å². The number of halogens is 1. The van der Waals surface area contributed by atoms with E-state index >= 15 is 0 Å². The highest BCUT2D eigenvalue weighted by Gasteiger charge is 2.33. The van der Waals surface area contributed by atoms with E-state index in [1.807, 2.05) is 0 Å². The second kappa shape index (κ2) is 9.11. The van der Waals surface area contributed by atoms with Crippen LogP contribution in [-0.2, 0) is 9.59 Å². The van der Waals surface area contributed by atoms with Crippen LogP contribution in [0.4, 0.5) is 15.8 Å². The Hall–Kier alpha value is -2.84. The minimum absolute atomic E-state index is 0.0549. The van der Waals surface area contributed by atoms with E-state index in [9.17, 15) is 18.8 Å². The van der Waals surface area contributed by atoms with Crippen LogP contribution in [0.5, 0.6) is 0 Å². The third-order valence-corrected chi connectivity index (χ3v) is 5.61. The Morgan fingerprint density at radius 3 is 2.55 bits per heavy atom. The number of anilines is 2. The van der Waals surface area contributed by atoms with Crippen molar-refractivity contribution in [3.05, 3.63) is 23.5 Å². The second-order valence-electron chi connectivity index (χ2n) is 7.66. The van der Waals surface area contributed by atoms with E-state index in [1.54, 1.807) is 0 Å². The Kier molecular flexibility index (Phi) is 6.56. The fourth-order valence-corrected chi connectivity index (χ4v) is 4.04. The summed E-state index contributed by atoms with van der Waals surface area (Å²) in [6.07, 6.45) is 6.32. The van der Waals surface area contributed by atoms with Crippen molar-refractivity contribution in [2.24, 2.45) is 0 Å². The SMILES string of the molecule is Nc1cc(NC2CCCCC2)c(F)cc1C(=O)NCC(=O)N1CCCC1C(=O)O. The van der Waals surface area contributed by atoms with E-state index in [0.717, 1.165) is 31.7 Å². The number of rotatable bonds is 6. The van der Waals surface area contributed by atoms with Crippen molar-refractivity contribution in [3.63, 3.8) is 0 Å². The zero-order chi connectivity index (χ0) is 21.0. The number of nitrogens with one attached hydrogen (secondary N) is 2. The number of nitrogen functional groups attached to an aromatic ring is 1. The summed E-state index contributed by atoms with van der Waals surface area (Å²) in [4.78, 5) is 37.1. The minimum Gasteiger partial charge on any atom is -0.480 e. The van der Waals surface area contributed by atoms with Gasteiger partial charge in [0.05, 0.1) is 17.8 Å². The number of carbonyl (C=O) groups is 3. The molecule has 5 N–H and O–H groups in total. The molecular formula is C20H27FN4O4. The van der Waals surface area contributed by atoms with Crippen molar-refractivity contribution in [2.75, 3.05) is 24.1 Å². The lowest BCUT2D eigenvalue weighted by molar-refractivity contribution is -0.147. The quantitative estimate of drug-likeness (QED) is 0.535. The number of hydrogen-bond donors (Lipinski definition) is 4. The Morgan fingerprint density at radius 1 is 1.14 bits per heavy atom. The van der Waals surface area contributed by atoms with Crippen LogP contribution in [0, 0.1) is 5.82 Å². The average Bonchev–Trinajstić information content (AvgIpc) is 3.19. The Morgan fingerprint density at radius 2 is 1.86 bits per heavy atom. The molecular weight excluding hydrogens is 379 g/mol. The van der Waals surface area contributed by atoms with Gasteiger partial charge in [0, 0.05) is 18.3 Å². The summed E-state index contributed by atoms with van der Waals surface area (Å²) in [5.74, 6) is -2.80. The van der Waals surface area contributed by atoms with Crippen molar-refractivity contribution >= 4 is 29.2 Å². The third kappa shape index (κ3) is 4.96. The number of hydrogen-bond acceptors (Lipinski definition) is 5. The normalized spacial score (nSPS) is 19.8. The van der Waals surface area contributed by atoms with Crippen molar-refractivity contribution in [3.8, 4) is 0 Å². The molecule has 1 aromatic carbocycles. The molecule has 2 aliphatic rings. The minimum atomic E-state index is -1.06. The van der Waals surface area contributed by atoms with Gasteiger partial charge in [-0.15, -0.1) is 0 Å². The van der Waals surface area contributed by atoms with E-state index in [2.05, 4.69) is 10.6 Å². The molecule has 2 fully saturated rings. The van der Waals surface area contributed by atoms with Gasteiger partial charge in [0.2, 0.25) is 5.91 Å². The van der Waals surface area contributed by atoms with E-state index < -0.39 is 29.6 Å². The maximum atomic E-state index is 14.5. The number of benzene rings is 1. The molecule has 1 unspecified atom stereocenters. The molecule has 0 spiro atoms. The monoisotopic (exact) mass is 406 g/mol. The largest absolute Gasteiger partial charge is 0.480 e. The number of amides is 2. The summed E-state index contributed by atoms with van der Waals surface area (Å²) in [5, 5.41) is 14.7. The van der Waals surface area contributed by atoms with Crippen molar-refractivity contribution in [1.29, 1.82) is 0 Å². The summed E-state index contributed by atoms with van der Waals surface area (Å²) in [5.41, 5.74) is 6.27. The number of nitrogens with zero attached hydrogens (tertiary/aromatic N) is 1. The molecule has 9 heteroatoms. The zero-order valence-corrected chi connectivity index (χ0v) is 16.2. The van der Waals surface area contributed by atoms with Crippen LogP contribution in [0.2, 0.25) is 0 Å². The number of carboxylic acid groups (broad SMARTS) is 1. The molecule has 0 radical (unpaired) electrons. The molecule has 1 aliphatic carbocycles. The second-order valence-corrected chi connectivity index (χ2v) is 7.66. The molecule has 0 bridgehead atoms. The van der Waals surface area contributed by atoms with E-state index in [-0.39, 0.29) is 29.5 Å². The van der Waals surface area contributed by atoms with Crippen LogP contribution in [0.25, 0.3) is 0 Å². The predicted octanol–water partition coefficient (Wildman–Crippen LogP) is 1.96. The Labute approximate surface area is 168 Å². The molecule has 158 valence electrons. The topological polar surface area (TPSA) is 125 Å². The number of nitrogens with two attached hydrogens (primary N) is 1. The van der Waals surface area contributed by atoms with Gasteiger partial charge in [0.15, 0.2) is 0 Å². The summed E-state index contributed by atoms with van der Waals surface area (Å²) in [7, 11) is 0. The van der Waals surface area contributed by atoms with Gasteiger partial charge >= 0.3 is 5.97 Å². The van der Waals surface area contributed by atoms with E-state index in [0.29, 0.717) is 19.4 Å². The maximum absolute atomic E-state index is 14.5. The van der Waals surface area contributed by atoms with Gasteiger partial charge in [-0.05, 0) is 37.8 Å². The first-order chi connectivity index (χ1) is 13.9. The zero-order valence-electron chi connectivity index (χ0n) is 16.2. The molecule has 29 heavy (non-hydrogen) atoms. The standard InChI is InChI=1S/C20H27FN4O4/c21-14-9-13(15(22)10-16(14)24-12-5-2-1-3-6-12)19(27)23-11-18(26)25-8-4-7-17(25)20(28)29/h9-10,12,17,24H,1-8,11,22H2,(H,23,27)(H,28,29). The molecule has 1 saturated heterocycles. The fourth-order valence-electron chi connectivity index (χ4n) is 4.04. The van der Waals surface area contributed by atoms with Crippen LogP contribution < -0.4 is 16.4 Å². The molecule has 1 heterocycles. The summed E-state index contributed by atoms with van der Waals surface area (Å²) in [6.45, 7) is -0.0320. The molecule has 0 aromatic heterocycles. The molecule has 1 atom stereocenters. The van der Waals surface area contributed by atoms with Crippen molar-refractivity contribution in [2.45, 2.75) is 57.0 Å². The van der Waals surface area contributed by atoms with E-state index in [1.165, 1.54) is 17.4 Å². The highest BCUT2D eigenvalue weighted by Crippen LogP contribution is 2.27. The number of likely N-dealkylation sites (tertiary alicyclic amines) is 1. The maximum Gasteiger partial charge on any atom is 0.326 e. The Bertz CT molecular complexity index is 795.